The molecule has 0 aromatic carbocycles. The van der Waals surface area contributed by atoms with Crippen molar-refractivity contribution in [3.8, 4) is 0 Å². The zero-order chi connectivity index (χ0) is 11.8. The van der Waals surface area contributed by atoms with Crippen molar-refractivity contribution in [3.05, 3.63) is 18.2 Å². The quantitative estimate of drug-likeness (QED) is 0.740. The van der Waals surface area contributed by atoms with E-state index in [1.807, 2.05) is 11.9 Å². The van der Waals surface area contributed by atoms with Crippen LogP contribution in [0.5, 0.6) is 0 Å². The van der Waals surface area contributed by atoms with Gasteiger partial charge < -0.3 is 14.8 Å². The third-order valence-electron chi connectivity index (χ3n) is 3.06. The molecule has 0 atom stereocenters. The van der Waals surface area contributed by atoms with Gasteiger partial charge in [-0.3, -0.25) is 4.79 Å². The Morgan fingerprint density at radius 2 is 2.31 bits per heavy atom. The molecular formula is C11H18N4O. The lowest BCUT2D eigenvalue weighted by molar-refractivity contribution is 0.0461. The number of piperazine rings is 1. The topological polar surface area (TPSA) is 50.2 Å². The second-order valence-electron chi connectivity index (χ2n) is 4.81. The van der Waals surface area contributed by atoms with Crippen molar-refractivity contribution in [2.24, 2.45) is 7.05 Å². The molecule has 88 valence electrons. The normalized spacial score (nSPS) is 19.8. The minimum absolute atomic E-state index is 0.0130. The minimum atomic E-state index is -0.152. The van der Waals surface area contributed by atoms with Gasteiger partial charge in [0.15, 0.2) is 5.82 Å². The van der Waals surface area contributed by atoms with E-state index < -0.39 is 0 Å². The minimum Gasteiger partial charge on any atom is -0.330 e. The molecular weight excluding hydrogens is 204 g/mol. The van der Waals surface area contributed by atoms with E-state index in [1.54, 1.807) is 17.0 Å². The van der Waals surface area contributed by atoms with Gasteiger partial charge in [-0.25, -0.2) is 4.98 Å². The maximum Gasteiger partial charge on any atom is 0.290 e. The van der Waals surface area contributed by atoms with Gasteiger partial charge in [-0.2, -0.15) is 0 Å². The fraction of sp³-hybridized carbons (Fsp3) is 0.636. The SMILES string of the molecule is Cn1ccnc1C(=O)N1CCNCC1(C)C. The van der Waals surface area contributed by atoms with Gasteiger partial charge in [-0.05, 0) is 13.8 Å². The first-order valence-electron chi connectivity index (χ1n) is 5.52. The van der Waals surface area contributed by atoms with Crippen LogP contribution < -0.4 is 5.32 Å². The molecule has 0 unspecified atom stereocenters. The van der Waals surface area contributed by atoms with E-state index in [0.717, 1.165) is 19.6 Å². The van der Waals surface area contributed by atoms with Crippen molar-refractivity contribution in [3.63, 3.8) is 0 Å². The summed E-state index contributed by atoms with van der Waals surface area (Å²) in [5.74, 6) is 0.522. The highest BCUT2D eigenvalue weighted by Gasteiger charge is 2.34. The molecule has 5 heteroatoms. The molecule has 0 spiro atoms. The number of hydrogen-bond acceptors (Lipinski definition) is 3. The summed E-state index contributed by atoms with van der Waals surface area (Å²) >= 11 is 0. The van der Waals surface area contributed by atoms with Crippen molar-refractivity contribution >= 4 is 5.91 Å². The van der Waals surface area contributed by atoms with Gasteiger partial charge >= 0.3 is 0 Å². The Balaban J connectivity index is 2.24. The van der Waals surface area contributed by atoms with Gasteiger partial charge in [0.1, 0.15) is 0 Å². The van der Waals surface area contributed by atoms with Gasteiger partial charge in [0.05, 0.1) is 5.54 Å². The Hall–Kier alpha value is -1.36. The molecule has 2 rings (SSSR count). The zero-order valence-corrected chi connectivity index (χ0v) is 10.0. The number of amides is 1. The molecule has 1 amide bonds. The van der Waals surface area contributed by atoms with Crippen LogP contribution in [0.4, 0.5) is 0 Å². The molecule has 5 nitrogen and oxygen atoms in total. The van der Waals surface area contributed by atoms with E-state index >= 15 is 0 Å². The molecule has 0 radical (unpaired) electrons. The Labute approximate surface area is 95.5 Å². The Kier molecular flexibility index (Phi) is 2.71. The molecule has 2 heterocycles. The molecule has 1 aromatic heterocycles. The largest absolute Gasteiger partial charge is 0.330 e. The smallest absolute Gasteiger partial charge is 0.290 e. The monoisotopic (exact) mass is 222 g/mol. The zero-order valence-electron chi connectivity index (χ0n) is 10.0. The standard InChI is InChI=1S/C11H18N4O/c1-11(2)8-12-4-7-15(11)10(16)9-13-5-6-14(9)3/h5-6,12H,4,7-8H2,1-3H3. The van der Waals surface area contributed by atoms with Crippen molar-refractivity contribution in [2.45, 2.75) is 19.4 Å². The van der Waals surface area contributed by atoms with Crippen LogP contribution in [0.1, 0.15) is 24.5 Å². The third-order valence-corrected chi connectivity index (χ3v) is 3.06. The highest BCUT2D eigenvalue weighted by molar-refractivity contribution is 5.91. The highest BCUT2D eigenvalue weighted by atomic mass is 16.2. The molecule has 1 aromatic rings. The van der Waals surface area contributed by atoms with Crippen molar-refractivity contribution < 1.29 is 4.79 Å². The second kappa shape index (κ2) is 3.90. The third kappa shape index (κ3) is 1.82. The lowest BCUT2D eigenvalue weighted by Crippen LogP contribution is -2.60. The predicted octanol–water partition coefficient (Wildman–Crippen LogP) is 0.244. The summed E-state index contributed by atoms with van der Waals surface area (Å²) in [6, 6.07) is 0. The summed E-state index contributed by atoms with van der Waals surface area (Å²) in [5.41, 5.74) is -0.152. The van der Waals surface area contributed by atoms with Crippen LogP contribution in [0.15, 0.2) is 12.4 Å². The summed E-state index contributed by atoms with van der Waals surface area (Å²) in [6.45, 7) is 6.54. The van der Waals surface area contributed by atoms with Crippen LogP contribution in [0.2, 0.25) is 0 Å². The average Bonchev–Trinajstić information content (AvgIpc) is 2.63. The lowest BCUT2D eigenvalue weighted by atomic mass is 10.00. The second-order valence-corrected chi connectivity index (χ2v) is 4.81. The molecule has 0 aliphatic carbocycles. The van der Waals surface area contributed by atoms with E-state index in [9.17, 15) is 4.79 Å². The van der Waals surface area contributed by atoms with E-state index in [1.165, 1.54) is 0 Å². The van der Waals surface area contributed by atoms with Crippen molar-refractivity contribution in [2.75, 3.05) is 19.6 Å². The van der Waals surface area contributed by atoms with E-state index in [0.29, 0.717) is 5.82 Å². The van der Waals surface area contributed by atoms with Gasteiger partial charge in [-0.15, -0.1) is 0 Å². The molecule has 1 aliphatic heterocycles. The number of nitrogens with one attached hydrogen (secondary N) is 1. The summed E-state index contributed by atoms with van der Waals surface area (Å²) in [7, 11) is 1.84. The molecule has 1 N–H and O–H groups in total. The van der Waals surface area contributed by atoms with Gasteiger partial charge in [-0.1, -0.05) is 0 Å². The van der Waals surface area contributed by atoms with Crippen LogP contribution in [-0.2, 0) is 7.05 Å². The maximum absolute atomic E-state index is 12.3. The number of carbonyl (C=O) groups excluding carboxylic acids is 1. The highest BCUT2D eigenvalue weighted by Crippen LogP contribution is 2.18. The number of imidazole rings is 1. The number of nitrogens with zero attached hydrogens (tertiary/aromatic N) is 3. The summed E-state index contributed by atoms with van der Waals surface area (Å²) in [4.78, 5) is 18.3. The summed E-state index contributed by atoms with van der Waals surface area (Å²) in [5, 5.41) is 3.30. The molecule has 1 fully saturated rings. The van der Waals surface area contributed by atoms with E-state index in [4.69, 9.17) is 0 Å². The number of carbonyl (C=O) groups is 1. The average molecular weight is 222 g/mol. The van der Waals surface area contributed by atoms with Crippen molar-refractivity contribution in [1.82, 2.24) is 19.8 Å². The number of aryl methyl sites for hydroxylation is 1. The fourth-order valence-corrected chi connectivity index (χ4v) is 2.05. The first-order chi connectivity index (χ1) is 7.52. The van der Waals surface area contributed by atoms with Crippen LogP contribution >= 0.6 is 0 Å². The predicted molar refractivity (Wildman–Crippen MR) is 61.2 cm³/mol. The van der Waals surface area contributed by atoms with E-state index in [2.05, 4.69) is 24.1 Å². The molecule has 1 aliphatic rings. The van der Waals surface area contributed by atoms with Gasteiger partial charge in [0, 0.05) is 39.1 Å². The molecule has 0 saturated carbocycles. The van der Waals surface area contributed by atoms with Crippen LogP contribution in [0.3, 0.4) is 0 Å². The van der Waals surface area contributed by atoms with Gasteiger partial charge in [0.2, 0.25) is 0 Å². The Morgan fingerprint density at radius 1 is 1.56 bits per heavy atom. The van der Waals surface area contributed by atoms with Crippen LogP contribution in [0, 0.1) is 0 Å². The molecule has 1 saturated heterocycles. The van der Waals surface area contributed by atoms with Gasteiger partial charge in [0.25, 0.3) is 5.91 Å². The summed E-state index contributed by atoms with van der Waals surface area (Å²) < 4.78 is 1.76. The number of aromatic nitrogens is 2. The van der Waals surface area contributed by atoms with Crippen LogP contribution in [0.25, 0.3) is 0 Å². The molecule has 16 heavy (non-hydrogen) atoms. The van der Waals surface area contributed by atoms with Crippen molar-refractivity contribution in [1.29, 1.82) is 0 Å². The Morgan fingerprint density at radius 3 is 2.88 bits per heavy atom. The molecule has 0 bridgehead atoms. The first kappa shape index (κ1) is 11.1. The number of hydrogen-bond donors (Lipinski definition) is 1. The summed E-state index contributed by atoms with van der Waals surface area (Å²) in [6.07, 6.45) is 3.45. The maximum atomic E-state index is 12.3. The number of rotatable bonds is 1. The Bertz CT molecular complexity index is 396. The fourth-order valence-electron chi connectivity index (χ4n) is 2.05. The first-order valence-corrected chi connectivity index (χ1v) is 5.52. The lowest BCUT2D eigenvalue weighted by Gasteiger charge is -2.42. The van der Waals surface area contributed by atoms with Crippen LogP contribution in [-0.4, -0.2) is 45.5 Å². The van der Waals surface area contributed by atoms with E-state index in [-0.39, 0.29) is 11.4 Å².